The van der Waals surface area contributed by atoms with Gasteiger partial charge >= 0.3 is 0 Å². The highest BCUT2D eigenvalue weighted by Crippen LogP contribution is 2.24. The van der Waals surface area contributed by atoms with Gasteiger partial charge < -0.3 is 15.1 Å². The van der Waals surface area contributed by atoms with Crippen molar-refractivity contribution in [3.63, 3.8) is 0 Å². The lowest BCUT2D eigenvalue weighted by atomic mass is 9.95. The number of hydrogen-bond donors (Lipinski definition) is 1. The molecule has 0 bridgehead atoms. The summed E-state index contributed by atoms with van der Waals surface area (Å²) in [4.78, 5) is 27.9. The highest BCUT2D eigenvalue weighted by Gasteiger charge is 2.43. The lowest BCUT2D eigenvalue weighted by Gasteiger charge is -2.45. The van der Waals surface area contributed by atoms with E-state index in [4.69, 9.17) is 0 Å². The van der Waals surface area contributed by atoms with Crippen LogP contribution in [0.5, 0.6) is 0 Å². The number of piperazine rings is 1. The molecule has 2 heterocycles. The molecule has 5 nitrogen and oxygen atoms in total. The van der Waals surface area contributed by atoms with E-state index in [9.17, 15) is 9.59 Å². The number of amides is 2. The van der Waals surface area contributed by atoms with Gasteiger partial charge in [-0.05, 0) is 39.3 Å². The Labute approximate surface area is 108 Å². The molecule has 2 amide bonds. The van der Waals surface area contributed by atoms with E-state index in [0.29, 0.717) is 25.4 Å². The van der Waals surface area contributed by atoms with Gasteiger partial charge in [0, 0.05) is 26.6 Å². The molecule has 2 rings (SSSR count). The van der Waals surface area contributed by atoms with Crippen molar-refractivity contribution >= 4 is 11.8 Å². The van der Waals surface area contributed by atoms with E-state index in [1.807, 2.05) is 13.8 Å². The van der Waals surface area contributed by atoms with Gasteiger partial charge in [-0.25, -0.2) is 0 Å². The predicted molar refractivity (Wildman–Crippen MR) is 69.0 cm³/mol. The summed E-state index contributed by atoms with van der Waals surface area (Å²) >= 11 is 0. The molecule has 1 unspecified atom stereocenters. The minimum Gasteiger partial charge on any atom is -0.342 e. The quantitative estimate of drug-likeness (QED) is 0.757. The summed E-state index contributed by atoms with van der Waals surface area (Å²) in [6.07, 6.45) is 1.63. The van der Waals surface area contributed by atoms with Crippen LogP contribution in [0.4, 0.5) is 0 Å². The first-order valence-electron chi connectivity index (χ1n) is 6.69. The van der Waals surface area contributed by atoms with Crippen molar-refractivity contribution in [2.75, 3.05) is 33.2 Å². The van der Waals surface area contributed by atoms with Gasteiger partial charge in [-0.1, -0.05) is 0 Å². The van der Waals surface area contributed by atoms with Crippen molar-refractivity contribution in [3.05, 3.63) is 0 Å². The Balaban J connectivity index is 2.02. The normalized spacial score (nSPS) is 27.7. The Morgan fingerprint density at radius 2 is 2.17 bits per heavy atom. The monoisotopic (exact) mass is 253 g/mol. The Hall–Kier alpha value is -1.10. The van der Waals surface area contributed by atoms with E-state index < -0.39 is 5.54 Å². The molecule has 1 N–H and O–H groups in total. The minimum atomic E-state index is -0.698. The van der Waals surface area contributed by atoms with Crippen LogP contribution < -0.4 is 5.32 Å². The van der Waals surface area contributed by atoms with Crippen LogP contribution >= 0.6 is 0 Å². The Morgan fingerprint density at radius 3 is 2.78 bits per heavy atom. The van der Waals surface area contributed by atoms with E-state index in [1.54, 1.807) is 16.8 Å². The van der Waals surface area contributed by atoms with Gasteiger partial charge in [0.15, 0.2) is 0 Å². The molecule has 0 aromatic carbocycles. The third-order valence-electron chi connectivity index (χ3n) is 4.13. The molecule has 5 heteroatoms. The lowest BCUT2D eigenvalue weighted by Crippen LogP contribution is -2.63. The Morgan fingerprint density at radius 1 is 1.44 bits per heavy atom. The molecule has 102 valence electrons. The first-order valence-corrected chi connectivity index (χ1v) is 6.69. The molecule has 18 heavy (non-hydrogen) atoms. The molecule has 2 fully saturated rings. The maximum absolute atomic E-state index is 12.3. The van der Waals surface area contributed by atoms with E-state index in [1.165, 1.54) is 0 Å². The van der Waals surface area contributed by atoms with Gasteiger partial charge in [-0.2, -0.15) is 0 Å². The molecule has 0 aromatic heterocycles. The summed E-state index contributed by atoms with van der Waals surface area (Å²) < 4.78 is 0. The molecule has 2 aliphatic heterocycles. The zero-order valence-corrected chi connectivity index (χ0v) is 11.5. The van der Waals surface area contributed by atoms with Crippen LogP contribution in [0.3, 0.4) is 0 Å². The predicted octanol–water partition coefficient (Wildman–Crippen LogP) is 0.0652. The fourth-order valence-corrected chi connectivity index (χ4v) is 2.90. The van der Waals surface area contributed by atoms with Gasteiger partial charge in [-0.3, -0.25) is 9.59 Å². The first kappa shape index (κ1) is 13.3. The number of nitrogens with zero attached hydrogens (tertiary/aromatic N) is 2. The number of rotatable bonds is 2. The molecular weight excluding hydrogens is 230 g/mol. The molecule has 2 aliphatic rings. The van der Waals surface area contributed by atoms with Crippen molar-refractivity contribution in [2.24, 2.45) is 5.92 Å². The summed E-state index contributed by atoms with van der Waals surface area (Å²) in [5.41, 5.74) is -0.698. The van der Waals surface area contributed by atoms with Gasteiger partial charge in [0.1, 0.15) is 5.54 Å². The number of carbonyl (C=O) groups is 2. The summed E-state index contributed by atoms with van der Waals surface area (Å²) in [5.74, 6) is 0.588. The molecule has 0 spiro atoms. The van der Waals surface area contributed by atoms with E-state index >= 15 is 0 Å². The lowest BCUT2D eigenvalue weighted by molar-refractivity contribution is -0.157. The molecule has 0 aliphatic carbocycles. The van der Waals surface area contributed by atoms with Crippen LogP contribution in [0, 0.1) is 5.92 Å². The van der Waals surface area contributed by atoms with Gasteiger partial charge in [0.2, 0.25) is 11.8 Å². The second-order valence-corrected chi connectivity index (χ2v) is 5.89. The van der Waals surface area contributed by atoms with E-state index in [-0.39, 0.29) is 11.8 Å². The second kappa shape index (κ2) is 4.88. The third-order valence-corrected chi connectivity index (χ3v) is 4.13. The van der Waals surface area contributed by atoms with Crippen LogP contribution in [0.2, 0.25) is 0 Å². The van der Waals surface area contributed by atoms with Crippen LogP contribution in [0.25, 0.3) is 0 Å². The van der Waals surface area contributed by atoms with Crippen molar-refractivity contribution in [1.29, 1.82) is 0 Å². The Bertz CT molecular complexity index is 348. The van der Waals surface area contributed by atoms with Crippen molar-refractivity contribution in [1.82, 2.24) is 15.1 Å². The summed E-state index contributed by atoms with van der Waals surface area (Å²) in [5, 5.41) is 3.27. The summed E-state index contributed by atoms with van der Waals surface area (Å²) in [6.45, 7) is 6.90. The highest BCUT2D eigenvalue weighted by atomic mass is 16.2. The van der Waals surface area contributed by atoms with Crippen molar-refractivity contribution < 1.29 is 9.59 Å². The number of carbonyl (C=O) groups excluding carboxylic acids is 2. The molecule has 2 saturated heterocycles. The Kier molecular flexibility index (Phi) is 3.61. The number of nitrogens with one attached hydrogen (secondary N) is 1. The molecule has 1 atom stereocenters. The van der Waals surface area contributed by atoms with Crippen LogP contribution in [-0.4, -0.2) is 60.4 Å². The smallest absolute Gasteiger partial charge is 0.247 e. The summed E-state index contributed by atoms with van der Waals surface area (Å²) in [6, 6.07) is 0. The van der Waals surface area contributed by atoms with Gasteiger partial charge in [0.25, 0.3) is 0 Å². The highest BCUT2D eigenvalue weighted by molar-refractivity contribution is 5.91. The van der Waals surface area contributed by atoms with Crippen molar-refractivity contribution in [2.45, 2.75) is 32.2 Å². The fourth-order valence-electron chi connectivity index (χ4n) is 2.90. The topological polar surface area (TPSA) is 52.6 Å². The molecular formula is C13H23N3O2. The van der Waals surface area contributed by atoms with Crippen molar-refractivity contribution in [3.8, 4) is 0 Å². The van der Waals surface area contributed by atoms with Gasteiger partial charge in [-0.15, -0.1) is 0 Å². The minimum absolute atomic E-state index is 0.0339. The standard InChI is InChI=1S/C13H23N3O2/c1-13(2)12(18)15(3)6-7-16(13)11(17)8-10-4-5-14-9-10/h10,14H,4-9H2,1-3H3. The maximum atomic E-state index is 12.3. The van der Waals surface area contributed by atoms with Gasteiger partial charge in [0.05, 0.1) is 0 Å². The van der Waals surface area contributed by atoms with E-state index in [0.717, 1.165) is 19.5 Å². The zero-order chi connectivity index (χ0) is 13.3. The molecule has 0 saturated carbocycles. The second-order valence-electron chi connectivity index (χ2n) is 5.89. The zero-order valence-electron chi connectivity index (χ0n) is 11.5. The van der Waals surface area contributed by atoms with Crippen LogP contribution in [-0.2, 0) is 9.59 Å². The SMILES string of the molecule is CN1CCN(C(=O)CC2CCNC2)C(C)(C)C1=O. The largest absolute Gasteiger partial charge is 0.342 e. The first-order chi connectivity index (χ1) is 8.43. The third kappa shape index (κ3) is 2.36. The molecule has 0 aromatic rings. The average molecular weight is 253 g/mol. The molecule has 0 radical (unpaired) electrons. The number of hydrogen-bond acceptors (Lipinski definition) is 3. The van der Waals surface area contributed by atoms with Crippen LogP contribution in [0.1, 0.15) is 26.7 Å². The maximum Gasteiger partial charge on any atom is 0.247 e. The fraction of sp³-hybridized carbons (Fsp3) is 0.846. The van der Waals surface area contributed by atoms with Crippen LogP contribution in [0.15, 0.2) is 0 Å². The summed E-state index contributed by atoms with van der Waals surface area (Å²) in [7, 11) is 1.80. The average Bonchev–Trinajstić information content (AvgIpc) is 2.78. The van der Waals surface area contributed by atoms with E-state index in [2.05, 4.69) is 5.32 Å². The number of likely N-dealkylation sites (N-methyl/N-ethyl adjacent to an activating group) is 1.